The quantitative estimate of drug-likeness (QED) is 0.539. The third kappa shape index (κ3) is 3.45. The van der Waals surface area contributed by atoms with Crippen molar-refractivity contribution < 1.29 is 4.39 Å². The molecular weight excluding hydrogens is 359 g/mol. The molecule has 0 fully saturated rings. The van der Waals surface area contributed by atoms with E-state index in [1.54, 1.807) is 18.3 Å². The zero-order valence-electron chi connectivity index (χ0n) is 12.9. The molecule has 0 unspecified atom stereocenters. The Balaban J connectivity index is 1.72. The van der Waals surface area contributed by atoms with E-state index in [4.69, 9.17) is 11.6 Å². The molecule has 7 heteroatoms. The summed E-state index contributed by atoms with van der Waals surface area (Å²) in [5.74, 6) is 0.960. The number of fused-ring (bicyclic) bond motifs is 1. The molecule has 0 saturated carbocycles. The van der Waals surface area contributed by atoms with Gasteiger partial charge in [0.1, 0.15) is 22.2 Å². The zero-order valence-corrected chi connectivity index (χ0v) is 14.5. The number of pyridine rings is 1. The van der Waals surface area contributed by atoms with Gasteiger partial charge in [-0.1, -0.05) is 29.8 Å². The van der Waals surface area contributed by atoms with Crippen LogP contribution < -0.4 is 5.32 Å². The van der Waals surface area contributed by atoms with Gasteiger partial charge in [-0.25, -0.2) is 14.4 Å². The molecule has 0 aliphatic heterocycles. The minimum Gasteiger partial charge on any atom is -0.365 e. The molecule has 25 heavy (non-hydrogen) atoms. The van der Waals surface area contributed by atoms with Crippen LogP contribution in [-0.4, -0.2) is 15.0 Å². The third-order valence-electron chi connectivity index (χ3n) is 3.63. The Morgan fingerprint density at radius 3 is 2.68 bits per heavy atom. The second-order valence-electron chi connectivity index (χ2n) is 5.36. The van der Waals surface area contributed by atoms with Crippen molar-refractivity contribution in [3.05, 3.63) is 70.4 Å². The van der Waals surface area contributed by atoms with E-state index in [-0.39, 0.29) is 5.82 Å². The molecule has 4 rings (SSSR count). The molecule has 124 valence electrons. The van der Waals surface area contributed by atoms with Crippen molar-refractivity contribution >= 4 is 39.0 Å². The van der Waals surface area contributed by atoms with Gasteiger partial charge in [0.25, 0.3) is 0 Å². The Labute approximate surface area is 152 Å². The zero-order chi connectivity index (χ0) is 17.2. The van der Waals surface area contributed by atoms with Crippen LogP contribution in [0.3, 0.4) is 0 Å². The van der Waals surface area contributed by atoms with E-state index in [1.165, 1.54) is 23.5 Å². The van der Waals surface area contributed by atoms with E-state index < -0.39 is 0 Å². The van der Waals surface area contributed by atoms with Gasteiger partial charge in [0.15, 0.2) is 5.82 Å². The van der Waals surface area contributed by atoms with Gasteiger partial charge in [-0.2, -0.15) is 0 Å². The average Bonchev–Trinajstić information content (AvgIpc) is 3.02. The summed E-state index contributed by atoms with van der Waals surface area (Å²) < 4.78 is 13.7. The van der Waals surface area contributed by atoms with E-state index >= 15 is 0 Å². The number of nitrogens with one attached hydrogen (secondary N) is 1. The number of thiophene rings is 1. The molecule has 0 spiro atoms. The van der Waals surface area contributed by atoms with Crippen LogP contribution >= 0.6 is 22.9 Å². The van der Waals surface area contributed by atoms with Crippen LogP contribution in [0.15, 0.2) is 54.7 Å². The van der Waals surface area contributed by atoms with Crippen molar-refractivity contribution in [3.8, 4) is 11.5 Å². The fraction of sp³-hybridized carbons (Fsp3) is 0.0556. The van der Waals surface area contributed by atoms with Crippen molar-refractivity contribution in [2.24, 2.45) is 0 Å². The molecule has 4 nitrogen and oxygen atoms in total. The lowest BCUT2D eigenvalue weighted by atomic mass is 10.2. The lowest BCUT2D eigenvalue weighted by Gasteiger charge is -2.09. The smallest absolute Gasteiger partial charge is 0.181 e. The first-order valence-electron chi connectivity index (χ1n) is 7.56. The summed E-state index contributed by atoms with van der Waals surface area (Å²) in [6, 6.07) is 13.8. The molecule has 0 radical (unpaired) electrons. The molecule has 0 bridgehead atoms. The Hall–Kier alpha value is -2.57. The molecule has 3 aromatic heterocycles. The minimum atomic E-state index is -0.254. The van der Waals surface area contributed by atoms with E-state index in [0.717, 1.165) is 15.8 Å². The maximum absolute atomic E-state index is 13.0. The van der Waals surface area contributed by atoms with Gasteiger partial charge >= 0.3 is 0 Å². The third-order valence-corrected chi connectivity index (χ3v) is 4.79. The highest BCUT2D eigenvalue weighted by atomic mass is 35.5. The number of hydrogen-bond acceptors (Lipinski definition) is 5. The van der Waals surface area contributed by atoms with Gasteiger partial charge in [-0.15, -0.1) is 11.3 Å². The number of rotatable bonds is 4. The Kier molecular flexibility index (Phi) is 4.29. The maximum Gasteiger partial charge on any atom is 0.181 e. The van der Waals surface area contributed by atoms with Crippen molar-refractivity contribution in [1.29, 1.82) is 0 Å². The summed E-state index contributed by atoms with van der Waals surface area (Å²) in [5.41, 5.74) is 1.65. The second-order valence-corrected chi connectivity index (χ2v) is 7.02. The van der Waals surface area contributed by atoms with E-state index in [9.17, 15) is 4.39 Å². The summed E-state index contributed by atoms with van der Waals surface area (Å²) in [5, 5.41) is 4.15. The summed E-state index contributed by atoms with van der Waals surface area (Å²) in [4.78, 5) is 14.3. The lowest BCUT2D eigenvalue weighted by molar-refractivity contribution is 0.627. The molecule has 1 N–H and O–H groups in total. The van der Waals surface area contributed by atoms with Crippen LogP contribution in [0.25, 0.3) is 21.7 Å². The first-order chi connectivity index (χ1) is 12.2. The number of anilines is 1. The molecule has 3 heterocycles. The van der Waals surface area contributed by atoms with Crippen molar-refractivity contribution in [2.75, 3.05) is 5.32 Å². The second kappa shape index (κ2) is 6.74. The topological polar surface area (TPSA) is 50.7 Å². The minimum absolute atomic E-state index is 0.254. The normalized spacial score (nSPS) is 11.0. The number of aromatic nitrogens is 3. The highest BCUT2D eigenvalue weighted by Crippen LogP contribution is 2.33. The molecule has 0 saturated heterocycles. The summed E-state index contributed by atoms with van der Waals surface area (Å²) >= 11 is 7.55. The van der Waals surface area contributed by atoms with Gasteiger partial charge in [0.2, 0.25) is 0 Å². The van der Waals surface area contributed by atoms with Crippen molar-refractivity contribution in [2.45, 2.75) is 6.54 Å². The van der Waals surface area contributed by atoms with Crippen molar-refractivity contribution in [3.63, 3.8) is 0 Å². The van der Waals surface area contributed by atoms with Crippen LogP contribution in [0.4, 0.5) is 10.2 Å². The SMILES string of the molecule is Fc1ccc(CNc2nc(-c3ccccn3)nc3sc(Cl)cc23)cc1. The lowest BCUT2D eigenvalue weighted by Crippen LogP contribution is -2.04. The van der Waals surface area contributed by atoms with E-state index in [0.29, 0.717) is 28.2 Å². The summed E-state index contributed by atoms with van der Waals surface area (Å²) in [6.07, 6.45) is 1.70. The average molecular weight is 371 g/mol. The van der Waals surface area contributed by atoms with Gasteiger partial charge in [0.05, 0.1) is 9.72 Å². The van der Waals surface area contributed by atoms with Crippen molar-refractivity contribution in [1.82, 2.24) is 15.0 Å². The van der Waals surface area contributed by atoms with E-state index in [2.05, 4.69) is 20.3 Å². The predicted octanol–water partition coefficient (Wildman–Crippen LogP) is 5.16. The molecule has 0 atom stereocenters. The fourth-order valence-electron chi connectivity index (χ4n) is 2.42. The highest BCUT2D eigenvalue weighted by Gasteiger charge is 2.13. The first-order valence-corrected chi connectivity index (χ1v) is 8.75. The Morgan fingerprint density at radius 2 is 1.92 bits per heavy atom. The van der Waals surface area contributed by atoms with Crippen LogP contribution in [-0.2, 0) is 6.54 Å². The molecule has 0 amide bonds. The highest BCUT2D eigenvalue weighted by molar-refractivity contribution is 7.22. The summed E-state index contributed by atoms with van der Waals surface area (Å²) in [7, 11) is 0. The molecule has 4 aromatic rings. The van der Waals surface area contributed by atoms with Gasteiger partial charge in [-0.3, -0.25) is 4.98 Å². The van der Waals surface area contributed by atoms with E-state index in [1.807, 2.05) is 24.3 Å². The van der Waals surface area contributed by atoms with Crippen LogP contribution in [0, 0.1) is 5.82 Å². The number of benzene rings is 1. The van der Waals surface area contributed by atoms with Gasteiger partial charge in [-0.05, 0) is 35.9 Å². The Bertz CT molecular complexity index is 1020. The van der Waals surface area contributed by atoms with Crippen LogP contribution in [0.5, 0.6) is 0 Å². The number of halogens is 2. The first kappa shape index (κ1) is 15.9. The molecule has 0 aliphatic rings. The monoisotopic (exact) mass is 370 g/mol. The Morgan fingerprint density at radius 1 is 1.08 bits per heavy atom. The molecule has 0 aliphatic carbocycles. The summed E-state index contributed by atoms with van der Waals surface area (Å²) in [6.45, 7) is 0.515. The number of nitrogens with zero attached hydrogens (tertiary/aromatic N) is 3. The molecule has 1 aromatic carbocycles. The van der Waals surface area contributed by atoms with Gasteiger partial charge < -0.3 is 5.32 Å². The fourth-order valence-corrected chi connectivity index (χ4v) is 3.51. The number of hydrogen-bond donors (Lipinski definition) is 1. The predicted molar refractivity (Wildman–Crippen MR) is 99.4 cm³/mol. The van der Waals surface area contributed by atoms with Crippen LogP contribution in [0.1, 0.15) is 5.56 Å². The van der Waals surface area contributed by atoms with Crippen LogP contribution in [0.2, 0.25) is 4.34 Å². The molecular formula is C18H12ClFN4S. The van der Waals surface area contributed by atoms with Gasteiger partial charge in [0, 0.05) is 12.7 Å². The maximum atomic E-state index is 13.0. The standard InChI is InChI=1S/C18H12ClFN4S/c19-15-9-13-16(22-10-11-4-6-12(20)7-5-11)23-17(24-18(13)25-15)14-3-1-2-8-21-14/h1-9H,10H2,(H,22,23,24). The largest absolute Gasteiger partial charge is 0.365 e.